The second-order valence-corrected chi connectivity index (χ2v) is 12.0. The van der Waals surface area contributed by atoms with Gasteiger partial charge in [0.1, 0.15) is 6.61 Å². The van der Waals surface area contributed by atoms with Crippen LogP contribution >= 0.6 is 0 Å². The minimum atomic E-state index is -4.41. The molecule has 0 saturated carbocycles. The molecule has 1 aliphatic heterocycles. The van der Waals surface area contributed by atoms with Gasteiger partial charge in [0, 0.05) is 25.1 Å². The first-order valence-electron chi connectivity index (χ1n) is 13.0. The summed E-state index contributed by atoms with van der Waals surface area (Å²) < 4.78 is 52.6. The number of ether oxygens (including phenoxy) is 2. The van der Waals surface area contributed by atoms with Gasteiger partial charge in [-0.2, -0.15) is 9.65 Å². The number of carbonyl (C=O) groups excluding carboxylic acids is 1. The number of hydrogen-bond donors (Lipinski definition) is 2. The summed E-state index contributed by atoms with van der Waals surface area (Å²) in [5.41, 5.74) is 2.30. The zero-order valence-electron chi connectivity index (χ0n) is 23.5. The SMILES string of the molecule is COC[C@@H](c1cccc(C#N)c1)N1C=C(S(=O)(=O)c2ccc(-c3ccnc(F)c3C)cc2)C(=O)NC1(O)COC(C)C. The van der Waals surface area contributed by atoms with Crippen LogP contribution in [0, 0.1) is 24.2 Å². The van der Waals surface area contributed by atoms with E-state index in [1.807, 2.05) is 0 Å². The number of carbonyl (C=O) groups is 1. The van der Waals surface area contributed by atoms with Crippen LogP contribution in [0.4, 0.5) is 4.39 Å². The minimum absolute atomic E-state index is 0.0326. The third kappa shape index (κ3) is 6.19. The number of rotatable bonds is 10. The van der Waals surface area contributed by atoms with Gasteiger partial charge in [-0.15, -0.1) is 0 Å². The smallest absolute Gasteiger partial charge is 0.268 e. The summed E-state index contributed by atoms with van der Waals surface area (Å²) in [6, 6.07) is 15.1. The Morgan fingerprint density at radius 3 is 2.55 bits per heavy atom. The first kappa shape index (κ1) is 30.8. The molecule has 1 aromatic heterocycles. The Bertz CT molecular complexity index is 1650. The highest BCUT2D eigenvalue weighted by molar-refractivity contribution is 7.96. The van der Waals surface area contributed by atoms with Crippen molar-refractivity contribution in [3.63, 3.8) is 0 Å². The lowest BCUT2D eigenvalue weighted by atomic mass is 10.0. The Hall–Kier alpha value is -4.15. The predicted molar refractivity (Wildman–Crippen MR) is 151 cm³/mol. The molecular weight excluding hydrogens is 563 g/mol. The molecule has 2 aromatic carbocycles. The molecule has 10 nitrogen and oxygen atoms in total. The molecule has 0 fully saturated rings. The standard InChI is InChI=1S/C30H31FN4O6S/c1-19(2)41-18-30(37)34-29(36)27(16-35(30)26(17-40-4)23-7-5-6-21(14-23)15-32)42(38,39)24-10-8-22(9-11-24)25-12-13-33-28(31)20(25)3/h5-14,16,19,26,37H,17-18H2,1-4H3,(H,34,36)/t26-,30?/m0/s1. The highest BCUT2D eigenvalue weighted by Crippen LogP contribution is 2.35. The fourth-order valence-corrected chi connectivity index (χ4v) is 5.90. The normalized spacial score (nSPS) is 17.9. The zero-order valence-corrected chi connectivity index (χ0v) is 24.4. The molecule has 42 heavy (non-hydrogen) atoms. The molecule has 2 heterocycles. The summed E-state index contributed by atoms with van der Waals surface area (Å²) in [6.45, 7) is 4.64. The Balaban J connectivity index is 1.81. The lowest BCUT2D eigenvalue weighted by Gasteiger charge is -2.46. The van der Waals surface area contributed by atoms with E-state index in [0.717, 1.165) is 6.20 Å². The number of pyridine rings is 1. The third-order valence-corrected chi connectivity index (χ3v) is 8.57. The molecule has 1 aliphatic rings. The van der Waals surface area contributed by atoms with E-state index >= 15 is 0 Å². The molecule has 3 aromatic rings. The predicted octanol–water partition coefficient (Wildman–Crippen LogP) is 3.57. The van der Waals surface area contributed by atoms with Crippen LogP contribution in [0.15, 0.2) is 76.8 Å². The molecule has 1 unspecified atom stereocenters. The van der Waals surface area contributed by atoms with Gasteiger partial charge >= 0.3 is 0 Å². The van der Waals surface area contributed by atoms with Gasteiger partial charge in [0.25, 0.3) is 5.91 Å². The fourth-order valence-electron chi connectivity index (χ4n) is 4.61. The van der Waals surface area contributed by atoms with Crippen molar-refractivity contribution in [2.45, 2.75) is 43.7 Å². The van der Waals surface area contributed by atoms with Gasteiger partial charge in [-0.3, -0.25) is 4.79 Å². The molecule has 0 spiro atoms. The van der Waals surface area contributed by atoms with E-state index in [2.05, 4.69) is 16.4 Å². The summed E-state index contributed by atoms with van der Waals surface area (Å²) in [5.74, 6) is -3.81. The largest absolute Gasteiger partial charge is 0.382 e. The fraction of sp³-hybridized carbons (Fsp3) is 0.300. The molecule has 2 N–H and O–H groups in total. The number of hydrogen-bond acceptors (Lipinski definition) is 9. The maximum atomic E-state index is 14.0. The van der Waals surface area contributed by atoms with Gasteiger partial charge in [0.15, 0.2) is 4.91 Å². The van der Waals surface area contributed by atoms with Crippen LogP contribution in [-0.2, 0) is 24.1 Å². The van der Waals surface area contributed by atoms with Crippen LogP contribution in [0.25, 0.3) is 11.1 Å². The van der Waals surface area contributed by atoms with E-state index in [9.17, 15) is 28.0 Å². The van der Waals surface area contributed by atoms with Crippen LogP contribution < -0.4 is 5.32 Å². The zero-order chi connectivity index (χ0) is 30.7. The van der Waals surface area contributed by atoms with Gasteiger partial charge < -0.3 is 24.8 Å². The van der Waals surface area contributed by atoms with Gasteiger partial charge in [-0.25, -0.2) is 13.4 Å². The minimum Gasteiger partial charge on any atom is -0.382 e. The van der Waals surface area contributed by atoms with E-state index in [1.165, 1.54) is 42.5 Å². The molecule has 1 amide bonds. The van der Waals surface area contributed by atoms with Gasteiger partial charge in [-0.05, 0) is 67.8 Å². The molecule has 4 rings (SSSR count). The molecule has 0 saturated heterocycles. The topological polar surface area (TPSA) is 142 Å². The number of nitrogens with one attached hydrogen (secondary N) is 1. The van der Waals surface area contributed by atoms with E-state index in [-0.39, 0.29) is 17.6 Å². The molecule has 0 bridgehead atoms. The van der Waals surface area contributed by atoms with Crippen molar-refractivity contribution in [2.24, 2.45) is 0 Å². The number of halogens is 1. The van der Waals surface area contributed by atoms with Crippen molar-refractivity contribution >= 4 is 15.7 Å². The molecule has 0 radical (unpaired) electrons. The number of sulfone groups is 1. The number of amides is 1. The van der Waals surface area contributed by atoms with Crippen LogP contribution in [0.3, 0.4) is 0 Å². The van der Waals surface area contributed by atoms with Crippen LogP contribution in [-0.4, -0.2) is 61.6 Å². The van der Waals surface area contributed by atoms with Crippen molar-refractivity contribution in [3.8, 4) is 17.2 Å². The average Bonchev–Trinajstić information content (AvgIpc) is 2.96. The summed E-state index contributed by atoms with van der Waals surface area (Å²) in [4.78, 5) is 17.4. The lowest BCUT2D eigenvalue weighted by molar-refractivity contribution is -0.189. The van der Waals surface area contributed by atoms with Crippen molar-refractivity contribution < 1.29 is 32.2 Å². The monoisotopic (exact) mass is 594 g/mol. The molecular formula is C30H31FN4O6S. The Labute approximate surface area is 243 Å². The lowest BCUT2D eigenvalue weighted by Crippen LogP contribution is -2.66. The van der Waals surface area contributed by atoms with Gasteiger partial charge in [-0.1, -0.05) is 24.3 Å². The van der Waals surface area contributed by atoms with Crippen LogP contribution in [0.1, 0.15) is 36.6 Å². The summed E-state index contributed by atoms with van der Waals surface area (Å²) in [7, 11) is -2.97. The van der Waals surface area contributed by atoms with Crippen molar-refractivity contribution in [1.29, 1.82) is 5.26 Å². The van der Waals surface area contributed by atoms with E-state index in [4.69, 9.17) is 9.47 Å². The maximum Gasteiger partial charge on any atom is 0.268 e. The molecule has 2 atom stereocenters. The molecule has 220 valence electrons. The van der Waals surface area contributed by atoms with Crippen molar-refractivity contribution in [2.75, 3.05) is 20.3 Å². The van der Waals surface area contributed by atoms with E-state index < -0.39 is 45.1 Å². The quantitative estimate of drug-likeness (QED) is 0.337. The number of aromatic nitrogens is 1. The maximum absolute atomic E-state index is 14.0. The highest BCUT2D eigenvalue weighted by atomic mass is 32.2. The number of aliphatic hydroxyl groups is 1. The molecule has 0 aliphatic carbocycles. The van der Waals surface area contributed by atoms with Gasteiger partial charge in [0.2, 0.25) is 21.6 Å². The number of methoxy groups -OCH3 is 1. The van der Waals surface area contributed by atoms with E-state index in [0.29, 0.717) is 27.8 Å². The summed E-state index contributed by atoms with van der Waals surface area (Å²) >= 11 is 0. The highest BCUT2D eigenvalue weighted by Gasteiger charge is 2.47. The summed E-state index contributed by atoms with van der Waals surface area (Å²) in [6.07, 6.45) is 2.08. The van der Waals surface area contributed by atoms with Crippen molar-refractivity contribution in [1.82, 2.24) is 15.2 Å². The third-order valence-electron chi connectivity index (χ3n) is 6.81. The number of benzene rings is 2. The Morgan fingerprint density at radius 1 is 1.19 bits per heavy atom. The number of nitrogens with zero attached hydrogens (tertiary/aromatic N) is 3. The van der Waals surface area contributed by atoms with Crippen LogP contribution in [0.5, 0.6) is 0 Å². The number of nitriles is 1. The Kier molecular flexibility index (Phi) is 9.08. The van der Waals surface area contributed by atoms with Crippen molar-refractivity contribution in [3.05, 3.63) is 94.5 Å². The average molecular weight is 595 g/mol. The summed E-state index contributed by atoms with van der Waals surface area (Å²) in [5, 5.41) is 23.5. The van der Waals surface area contributed by atoms with Gasteiger partial charge in [0.05, 0.1) is 35.3 Å². The second kappa shape index (κ2) is 12.4. The Morgan fingerprint density at radius 2 is 1.90 bits per heavy atom. The van der Waals surface area contributed by atoms with Crippen LogP contribution in [0.2, 0.25) is 0 Å². The second-order valence-electron chi connectivity index (χ2n) is 10.0. The van der Waals surface area contributed by atoms with E-state index in [1.54, 1.807) is 51.1 Å². The first-order valence-corrected chi connectivity index (χ1v) is 14.5. The first-order chi connectivity index (χ1) is 19.9. The molecule has 12 heteroatoms.